The molecule has 0 fully saturated rings. The molecule has 584 valence electrons. The van der Waals surface area contributed by atoms with E-state index < -0.39 is 8.07 Å². The number of anilines is 15. The van der Waals surface area contributed by atoms with E-state index in [1.165, 1.54) is 57.7 Å². The molecule has 0 aliphatic heterocycles. The molecule has 19 aromatic carbocycles. The lowest BCUT2D eigenvalue weighted by Crippen LogP contribution is -2.37. The Kier molecular flexibility index (Phi) is 19.3. The molecule has 0 amide bonds. The van der Waals surface area contributed by atoms with Crippen LogP contribution in [0.1, 0.15) is 0 Å². The number of benzene rings is 19. The molecule has 122 heavy (non-hydrogen) atoms. The summed E-state index contributed by atoms with van der Waals surface area (Å²) in [5.41, 5.74) is 21.5. The van der Waals surface area contributed by atoms with Crippen LogP contribution in [0.2, 0.25) is 19.6 Å². The second-order valence-corrected chi connectivity index (χ2v) is 38.1. The van der Waals surface area contributed by atoms with Gasteiger partial charge >= 0.3 is 0 Å². The zero-order valence-corrected chi connectivity index (χ0v) is 69.2. The average molecular weight is 1610 g/mol. The fourth-order valence-corrected chi connectivity index (χ4v) is 19.2. The van der Waals surface area contributed by atoms with Gasteiger partial charge in [0.05, 0.1) is 13.8 Å². The SMILES string of the molecule is C[Si](C)(C)c1ccc(N(c2ccccc2)c2ccc3oc4cc(Nc5ccc6ccccc6c5)ccc4c3c2)cc1.c1ccc(Nc2ccc3c(c2)oc2ccc(N(c4ccccc4)c4ccccc4)cc23)cc1.c1ccc2cc(N(c3ccc4sc5cc(Nc6cccc7ccccc67)ccc5c4c3)c3cccc4c3oc3ccccc34)ccc2c1. The molecular formula is C111H82N6O3SSi. The molecule has 23 aromatic rings. The molecule has 0 unspecified atom stereocenters. The molecule has 4 heterocycles. The monoisotopic (exact) mass is 1610 g/mol. The van der Waals surface area contributed by atoms with E-state index >= 15 is 0 Å². The summed E-state index contributed by atoms with van der Waals surface area (Å²) < 4.78 is 21.7. The van der Waals surface area contributed by atoms with Crippen LogP contribution in [0.3, 0.4) is 0 Å². The van der Waals surface area contributed by atoms with E-state index in [9.17, 15) is 0 Å². The highest BCUT2D eigenvalue weighted by Gasteiger charge is 2.24. The normalized spacial score (nSPS) is 11.6. The molecule has 9 nitrogen and oxygen atoms in total. The first kappa shape index (κ1) is 74.2. The molecule has 0 radical (unpaired) electrons. The van der Waals surface area contributed by atoms with E-state index in [0.29, 0.717) is 0 Å². The van der Waals surface area contributed by atoms with Gasteiger partial charge in [-0.3, -0.25) is 0 Å². The molecule has 0 atom stereocenters. The van der Waals surface area contributed by atoms with Crippen LogP contribution in [-0.2, 0) is 0 Å². The second kappa shape index (κ2) is 31.8. The molecule has 0 bridgehead atoms. The third kappa shape index (κ3) is 14.7. The second-order valence-electron chi connectivity index (χ2n) is 31.9. The quantitative estimate of drug-likeness (QED) is 0.0819. The van der Waals surface area contributed by atoms with Crippen LogP contribution >= 0.6 is 11.3 Å². The van der Waals surface area contributed by atoms with Crippen LogP contribution in [-0.4, -0.2) is 8.07 Å². The topological polar surface area (TPSA) is 85.2 Å². The first-order valence-corrected chi connectivity index (χ1v) is 45.6. The maximum absolute atomic E-state index is 6.58. The number of nitrogens with zero attached hydrogens (tertiary/aromatic N) is 3. The summed E-state index contributed by atoms with van der Waals surface area (Å²) in [5, 5.41) is 28.6. The summed E-state index contributed by atoms with van der Waals surface area (Å²) in [5.74, 6) is 0. The van der Waals surface area contributed by atoms with E-state index in [0.717, 1.165) is 151 Å². The Morgan fingerprint density at radius 1 is 0.221 bits per heavy atom. The summed E-state index contributed by atoms with van der Waals surface area (Å²) in [6.45, 7) is 7.16. The van der Waals surface area contributed by atoms with E-state index in [1.807, 2.05) is 53.8 Å². The Labute approximate surface area is 711 Å². The minimum Gasteiger partial charge on any atom is -0.456 e. The number of thiophene rings is 1. The van der Waals surface area contributed by atoms with Gasteiger partial charge in [-0.25, -0.2) is 0 Å². The fourth-order valence-electron chi connectivity index (χ4n) is 16.9. The number of hydrogen-bond acceptors (Lipinski definition) is 10. The first-order valence-electron chi connectivity index (χ1n) is 41.3. The van der Waals surface area contributed by atoms with Crippen molar-refractivity contribution >= 4 is 228 Å². The maximum Gasteiger partial charge on any atom is 0.159 e. The standard InChI is InChI=1S/C44H28N2OS.C37H32N2OSi.C30H22N2O/c1-2-11-30-25-32(21-19-28(30)9-1)46(40-17-8-15-37-35-14-5-6-18-41(35)47-44(37)40)33-22-24-42-38(27-33)36-23-20-31(26-43(36)48-42)45-39-16-7-12-29-10-3-4-13-34(29)39;1-41(2,3)33-19-16-31(17-20-33)39(30-11-5-4-6-12-30)32-18-22-36-35(25-32)34-21-15-29(24-37(34)40-36)38-28-14-13-26-9-7-8-10-27(26)23-28;1-4-10-22(11-5-1)31-23-16-18-27-28-21-26(17-19-29(28)33-30(27)20-23)32(24-12-6-2-7-13-24)25-14-8-3-9-15-25/h1-27,45H;4-25,38H,1-3H3;1-21,31H. The van der Waals surface area contributed by atoms with Crippen molar-refractivity contribution in [1.29, 1.82) is 0 Å². The number of rotatable bonds is 16. The summed E-state index contributed by atoms with van der Waals surface area (Å²) in [6.07, 6.45) is 0. The van der Waals surface area contributed by atoms with Gasteiger partial charge in [0.15, 0.2) is 5.58 Å². The Morgan fingerprint density at radius 2 is 0.639 bits per heavy atom. The molecule has 4 aromatic heterocycles. The molecule has 3 N–H and O–H groups in total. The van der Waals surface area contributed by atoms with Crippen LogP contribution < -0.4 is 35.8 Å². The molecule has 23 rings (SSSR count). The Morgan fingerprint density at radius 3 is 1.26 bits per heavy atom. The van der Waals surface area contributed by atoms with Gasteiger partial charge in [0.25, 0.3) is 0 Å². The van der Waals surface area contributed by atoms with Crippen LogP contribution in [0, 0.1) is 0 Å². The largest absolute Gasteiger partial charge is 0.456 e. The Bertz CT molecular complexity index is 7770. The number of nitrogens with one attached hydrogen (secondary N) is 3. The molecule has 0 spiro atoms. The van der Waals surface area contributed by atoms with Crippen LogP contribution in [0.15, 0.2) is 438 Å². The van der Waals surface area contributed by atoms with Crippen molar-refractivity contribution in [3.63, 3.8) is 0 Å². The van der Waals surface area contributed by atoms with Gasteiger partial charge in [-0.2, -0.15) is 0 Å². The highest BCUT2D eigenvalue weighted by atomic mass is 32.1. The predicted molar refractivity (Wildman–Crippen MR) is 523 cm³/mol. The number of fused-ring (bicyclic) bond motifs is 15. The van der Waals surface area contributed by atoms with Crippen molar-refractivity contribution < 1.29 is 13.3 Å². The minimum atomic E-state index is -1.39. The van der Waals surface area contributed by atoms with E-state index in [4.69, 9.17) is 13.3 Å². The predicted octanol–water partition coefficient (Wildman–Crippen LogP) is 32.8. The lowest BCUT2D eigenvalue weighted by Gasteiger charge is -2.26. The number of hydrogen-bond donors (Lipinski definition) is 3. The van der Waals surface area contributed by atoms with Gasteiger partial charge in [-0.15, -0.1) is 11.3 Å². The highest BCUT2D eigenvalue weighted by molar-refractivity contribution is 7.25. The van der Waals surface area contributed by atoms with Gasteiger partial charge in [0, 0.05) is 150 Å². The first-order chi connectivity index (χ1) is 60.0. The van der Waals surface area contributed by atoms with Crippen molar-refractivity contribution in [3.05, 3.63) is 425 Å². The van der Waals surface area contributed by atoms with Gasteiger partial charge < -0.3 is 43.9 Å². The Balaban J connectivity index is 0.000000115. The summed E-state index contributed by atoms with van der Waals surface area (Å²) in [4.78, 5) is 6.93. The number of furan rings is 3. The van der Waals surface area contributed by atoms with Crippen LogP contribution in [0.25, 0.3) is 118 Å². The van der Waals surface area contributed by atoms with Crippen molar-refractivity contribution in [1.82, 2.24) is 0 Å². The minimum absolute atomic E-state index is 0.869. The maximum atomic E-state index is 6.58. The van der Waals surface area contributed by atoms with Gasteiger partial charge in [-0.05, 0) is 221 Å². The van der Waals surface area contributed by atoms with Crippen molar-refractivity contribution in [3.8, 4) is 0 Å². The lowest BCUT2D eigenvalue weighted by molar-refractivity contribution is 0.668. The van der Waals surface area contributed by atoms with Gasteiger partial charge in [0.1, 0.15) is 27.9 Å². The smallest absolute Gasteiger partial charge is 0.159 e. The van der Waals surface area contributed by atoms with Crippen molar-refractivity contribution in [2.45, 2.75) is 19.6 Å². The molecule has 0 saturated carbocycles. The third-order valence-corrected chi connectivity index (χ3v) is 26.2. The molecule has 0 aliphatic carbocycles. The van der Waals surface area contributed by atoms with E-state index in [-0.39, 0.29) is 0 Å². The van der Waals surface area contributed by atoms with E-state index in [1.54, 1.807) is 0 Å². The zero-order chi connectivity index (χ0) is 81.6. The Hall–Kier alpha value is -15.4. The van der Waals surface area contributed by atoms with Crippen molar-refractivity contribution in [2.24, 2.45) is 0 Å². The summed E-state index contributed by atoms with van der Waals surface area (Å²) >= 11 is 1.83. The van der Waals surface area contributed by atoms with Gasteiger partial charge in [0.2, 0.25) is 0 Å². The highest BCUT2D eigenvalue weighted by Crippen LogP contribution is 2.48. The zero-order valence-electron chi connectivity index (χ0n) is 67.4. The van der Waals surface area contributed by atoms with Gasteiger partial charge in [-0.1, -0.05) is 243 Å². The summed E-state index contributed by atoms with van der Waals surface area (Å²) in [7, 11) is -1.39. The molecule has 11 heteroatoms. The van der Waals surface area contributed by atoms with Crippen LogP contribution in [0.4, 0.5) is 85.3 Å². The van der Waals surface area contributed by atoms with Crippen LogP contribution in [0.5, 0.6) is 0 Å². The molecule has 0 saturated heterocycles. The van der Waals surface area contributed by atoms with E-state index in [2.05, 4.69) is 432 Å². The average Bonchev–Trinajstić information content (AvgIpc) is 1.55. The molecule has 0 aliphatic rings. The third-order valence-electron chi connectivity index (χ3n) is 23.0. The van der Waals surface area contributed by atoms with Crippen molar-refractivity contribution in [2.75, 3.05) is 30.7 Å². The summed E-state index contributed by atoms with van der Waals surface area (Å²) in [6, 6.07) is 150. The fraction of sp³-hybridized carbons (Fsp3) is 0.0270. The molecular weight excluding hydrogens is 1530 g/mol. The number of para-hydroxylation sites is 6. The lowest BCUT2D eigenvalue weighted by atomic mass is 10.1.